The van der Waals surface area contributed by atoms with E-state index in [1.54, 1.807) is 0 Å². The van der Waals surface area contributed by atoms with Gasteiger partial charge in [0.05, 0.1) is 0 Å². The van der Waals surface area contributed by atoms with Gasteiger partial charge >= 0.3 is 0 Å². The van der Waals surface area contributed by atoms with Gasteiger partial charge in [-0.25, -0.2) is 0 Å². The zero-order chi connectivity index (χ0) is 14.0. The summed E-state index contributed by atoms with van der Waals surface area (Å²) in [5.74, 6) is 0. The summed E-state index contributed by atoms with van der Waals surface area (Å²) >= 11 is 0. The fourth-order valence-electron chi connectivity index (χ4n) is 1.62. The van der Waals surface area contributed by atoms with Gasteiger partial charge in [0.25, 0.3) is 0 Å². The molecule has 0 aliphatic heterocycles. The molecule has 2 aromatic rings. The summed E-state index contributed by atoms with van der Waals surface area (Å²) in [5.41, 5.74) is 5.09. The summed E-state index contributed by atoms with van der Waals surface area (Å²) in [5, 5.41) is 0. The fraction of sp³-hybridized carbons (Fsp3) is 0.333. The van der Waals surface area contributed by atoms with Crippen molar-refractivity contribution in [2.45, 2.75) is 41.5 Å². The van der Waals surface area contributed by atoms with Crippen LogP contribution in [0.3, 0.4) is 0 Å². The van der Waals surface area contributed by atoms with E-state index in [9.17, 15) is 0 Å². The molecule has 0 N–H and O–H groups in total. The van der Waals surface area contributed by atoms with Crippen LogP contribution in [0.2, 0.25) is 0 Å². The molecule has 0 unspecified atom stereocenters. The highest BCUT2D eigenvalue weighted by Gasteiger charge is 2.02. The highest BCUT2D eigenvalue weighted by molar-refractivity contribution is 5.69. The van der Waals surface area contributed by atoms with Crippen LogP contribution in [0.25, 0.3) is 11.1 Å². The molecule has 0 saturated carbocycles. The maximum absolute atomic E-state index is 3.00. The van der Waals surface area contributed by atoms with E-state index in [1.165, 1.54) is 22.3 Å². The van der Waals surface area contributed by atoms with E-state index in [1.807, 2.05) is 39.8 Å². The standard InChI is InChI=1S/C14H12.2C2H6/c1-11-7-3-5-9-13(11)14-10-6-4-8-12(14)2;2*1-2/h3,5,7-10H,1-2H3;2*1-2H3. The van der Waals surface area contributed by atoms with Crippen molar-refractivity contribution in [2.75, 3.05) is 0 Å². The molecule has 0 aliphatic rings. The van der Waals surface area contributed by atoms with Crippen LogP contribution < -0.4 is 0 Å². The molecular formula is C18H24. The van der Waals surface area contributed by atoms with Gasteiger partial charge < -0.3 is 0 Å². The van der Waals surface area contributed by atoms with Gasteiger partial charge in [-0.3, -0.25) is 0 Å². The van der Waals surface area contributed by atoms with Crippen LogP contribution in [0.15, 0.2) is 36.4 Å². The van der Waals surface area contributed by atoms with Gasteiger partial charge in [-0.1, -0.05) is 64.1 Å². The third kappa shape index (κ3) is 4.26. The second kappa shape index (κ2) is 9.31. The third-order valence-corrected chi connectivity index (χ3v) is 2.45. The molecule has 0 nitrogen and oxygen atoms in total. The minimum Gasteiger partial charge on any atom is -0.0699 e. The molecule has 0 spiro atoms. The van der Waals surface area contributed by atoms with Gasteiger partial charge in [0.1, 0.15) is 0 Å². The monoisotopic (exact) mass is 240 g/mol. The van der Waals surface area contributed by atoms with Crippen molar-refractivity contribution in [3.8, 4) is 11.1 Å². The van der Waals surface area contributed by atoms with E-state index in [4.69, 9.17) is 0 Å². The van der Waals surface area contributed by atoms with Crippen LogP contribution in [0.4, 0.5) is 0 Å². The molecule has 0 heterocycles. The van der Waals surface area contributed by atoms with Gasteiger partial charge in [-0.15, -0.1) is 0 Å². The first-order valence-corrected chi connectivity index (χ1v) is 6.73. The maximum Gasteiger partial charge on any atom is -0.00337 e. The lowest BCUT2D eigenvalue weighted by Gasteiger charge is -2.06. The molecule has 2 rings (SSSR count). The van der Waals surface area contributed by atoms with Crippen molar-refractivity contribution in [3.63, 3.8) is 0 Å². The summed E-state index contributed by atoms with van der Waals surface area (Å²) in [7, 11) is 0. The van der Waals surface area contributed by atoms with Crippen molar-refractivity contribution >= 4 is 0 Å². The zero-order valence-corrected chi connectivity index (χ0v) is 12.5. The Morgan fingerprint density at radius 3 is 1.78 bits per heavy atom. The smallest absolute Gasteiger partial charge is 0.00337 e. The predicted molar refractivity (Wildman–Crippen MR) is 81.7 cm³/mol. The molecule has 0 aliphatic carbocycles. The van der Waals surface area contributed by atoms with Gasteiger partial charge in [-0.2, -0.15) is 0 Å². The van der Waals surface area contributed by atoms with E-state index < -0.39 is 0 Å². The summed E-state index contributed by atoms with van der Waals surface area (Å²) in [6.07, 6.45) is 0. The highest BCUT2D eigenvalue weighted by Crippen LogP contribution is 2.24. The summed E-state index contributed by atoms with van der Waals surface area (Å²) in [6, 6.07) is 18.3. The number of benzene rings is 1. The number of hydrogen-bond acceptors (Lipinski definition) is 0. The lowest BCUT2D eigenvalue weighted by atomic mass is 9.98. The lowest BCUT2D eigenvalue weighted by Crippen LogP contribution is -1.84. The minimum atomic E-state index is 1.25. The van der Waals surface area contributed by atoms with E-state index in [0.717, 1.165) is 0 Å². The van der Waals surface area contributed by atoms with Crippen molar-refractivity contribution in [1.82, 2.24) is 0 Å². The Kier molecular flexibility index (Phi) is 8.41. The van der Waals surface area contributed by atoms with Crippen LogP contribution in [0, 0.1) is 26.0 Å². The number of hydrogen-bond donors (Lipinski definition) is 0. The molecule has 0 atom stereocenters. The van der Waals surface area contributed by atoms with E-state index in [-0.39, 0.29) is 0 Å². The average molecular weight is 240 g/mol. The van der Waals surface area contributed by atoms with Gasteiger partial charge in [-0.05, 0) is 48.2 Å². The molecule has 0 saturated heterocycles. The maximum atomic E-state index is 3.00. The second-order valence-corrected chi connectivity index (χ2v) is 3.49. The number of aryl methyl sites for hydroxylation is 2. The largest absolute Gasteiger partial charge is 0.0699 e. The molecule has 2 aromatic carbocycles. The Balaban J connectivity index is 0.000000659. The normalized spacial score (nSPS) is 8.11. The number of rotatable bonds is 1. The Morgan fingerprint density at radius 1 is 0.667 bits per heavy atom. The first-order valence-electron chi connectivity index (χ1n) is 6.73. The molecule has 0 fully saturated rings. The Morgan fingerprint density at radius 2 is 1.22 bits per heavy atom. The van der Waals surface area contributed by atoms with Gasteiger partial charge in [0, 0.05) is 0 Å². The molecule has 96 valence electrons. The Labute approximate surface area is 113 Å². The van der Waals surface area contributed by atoms with Gasteiger partial charge in [0.2, 0.25) is 0 Å². The molecule has 0 amide bonds. The Bertz CT molecular complexity index is 398. The van der Waals surface area contributed by atoms with Crippen LogP contribution in [-0.2, 0) is 0 Å². The van der Waals surface area contributed by atoms with E-state index >= 15 is 0 Å². The predicted octanol–water partition coefficient (Wildman–Crippen LogP) is 5.62. The van der Waals surface area contributed by atoms with E-state index in [2.05, 4.69) is 50.2 Å². The van der Waals surface area contributed by atoms with Crippen molar-refractivity contribution in [3.05, 3.63) is 59.7 Å². The molecule has 0 aromatic heterocycles. The quantitative estimate of drug-likeness (QED) is 0.606. The third-order valence-electron chi connectivity index (χ3n) is 2.45. The molecule has 0 radical (unpaired) electrons. The van der Waals surface area contributed by atoms with Gasteiger partial charge in [0.15, 0.2) is 0 Å². The summed E-state index contributed by atoms with van der Waals surface area (Å²) in [4.78, 5) is 0. The van der Waals surface area contributed by atoms with E-state index in [0.29, 0.717) is 0 Å². The van der Waals surface area contributed by atoms with Crippen LogP contribution >= 0.6 is 0 Å². The zero-order valence-electron chi connectivity index (χ0n) is 12.5. The summed E-state index contributed by atoms with van der Waals surface area (Å²) in [6.45, 7) is 12.2. The average Bonchev–Trinajstić information content (AvgIpc) is 2.45. The van der Waals surface area contributed by atoms with Crippen molar-refractivity contribution < 1.29 is 0 Å². The van der Waals surface area contributed by atoms with Crippen LogP contribution in [0.5, 0.6) is 0 Å². The molecule has 0 bridgehead atoms. The minimum absolute atomic E-state index is 1.25. The first kappa shape index (κ1) is 16.3. The summed E-state index contributed by atoms with van der Waals surface area (Å²) < 4.78 is 0. The second-order valence-electron chi connectivity index (χ2n) is 3.49. The van der Waals surface area contributed by atoms with Crippen LogP contribution in [0.1, 0.15) is 38.8 Å². The molecule has 0 heteroatoms. The SMILES string of the molecule is CC.CC.Cc1cc#ccc1-c1ccccc1C. The first-order chi connectivity index (χ1) is 8.79. The highest BCUT2D eigenvalue weighted by atomic mass is 14.1. The van der Waals surface area contributed by atoms with Crippen LogP contribution in [-0.4, -0.2) is 0 Å². The fourth-order valence-corrected chi connectivity index (χ4v) is 1.62. The van der Waals surface area contributed by atoms with Crippen molar-refractivity contribution in [1.29, 1.82) is 0 Å². The van der Waals surface area contributed by atoms with Crippen molar-refractivity contribution in [2.24, 2.45) is 0 Å². The molecular weight excluding hydrogens is 216 g/mol. The lowest BCUT2D eigenvalue weighted by molar-refractivity contribution is 1.41. The topological polar surface area (TPSA) is 0 Å². The molecule has 18 heavy (non-hydrogen) atoms. The Hall–Kier alpha value is -1.74.